The van der Waals surface area contributed by atoms with Crippen LogP contribution in [-0.2, 0) is 19.5 Å². The van der Waals surface area contributed by atoms with Gasteiger partial charge in [-0.3, -0.25) is 6.58 Å². The van der Waals surface area contributed by atoms with Crippen LogP contribution < -0.4 is 0 Å². The second kappa shape index (κ2) is 9.41. The molecular formula is C12H14Ru. The molecule has 0 saturated heterocycles. The van der Waals surface area contributed by atoms with Gasteiger partial charge >= 0.3 is 19.5 Å². The third-order valence-electron chi connectivity index (χ3n) is 1.28. The SMILES string of the molecule is [CH-]=C(C)C(=C)C.[Ru+2].[c-]1ccccc1. The molecule has 0 aliphatic carbocycles. The minimum absolute atomic E-state index is 0. The van der Waals surface area contributed by atoms with Crippen LogP contribution in [0.1, 0.15) is 13.8 Å². The summed E-state index contributed by atoms with van der Waals surface area (Å²) in [5.74, 6) is 0. The molecule has 0 nitrogen and oxygen atoms in total. The molecule has 70 valence electrons. The fourth-order valence-corrected chi connectivity index (χ4v) is 0.342. The predicted octanol–water partition coefficient (Wildman–Crippen LogP) is 3.43. The van der Waals surface area contributed by atoms with Gasteiger partial charge in [0, 0.05) is 0 Å². The van der Waals surface area contributed by atoms with Crippen LogP contribution in [0.15, 0.2) is 48.1 Å². The van der Waals surface area contributed by atoms with Crippen LogP contribution in [0, 0.1) is 12.6 Å². The molecule has 0 bridgehead atoms. The topological polar surface area (TPSA) is 0 Å². The van der Waals surface area contributed by atoms with Crippen molar-refractivity contribution in [2.75, 3.05) is 0 Å². The van der Waals surface area contributed by atoms with Crippen LogP contribution in [0.2, 0.25) is 0 Å². The number of hydrogen-bond donors (Lipinski definition) is 0. The second-order valence-electron chi connectivity index (χ2n) is 2.54. The van der Waals surface area contributed by atoms with Crippen molar-refractivity contribution in [1.29, 1.82) is 0 Å². The Labute approximate surface area is 94.1 Å². The first-order valence-corrected chi connectivity index (χ1v) is 3.80. The van der Waals surface area contributed by atoms with Crippen molar-refractivity contribution < 1.29 is 19.5 Å². The van der Waals surface area contributed by atoms with Crippen LogP contribution in [0.4, 0.5) is 0 Å². The summed E-state index contributed by atoms with van der Waals surface area (Å²) in [4.78, 5) is 0. The van der Waals surface area contributed by atoms with E-state index < -0.39 is 0 Å². The molecule has 0 saturated carbocycles. The van der Waals surface area contributed by atoms with Gasteiger partial charge in [-0.1, -0.05) is 6.92 Å². The zero-order valence-electron chi connectivity index (χ0n) is 8.02. The van der Waals surface area contributed by atoms with E-state index in [9.17, 15) is 0 Å². The summed E-state index contributed by atoms with van der Waals surface area (Å²) < 4.78 is 0. The molecule has 0 amide bonds. The van der Waals surface area contributed by atoms with Gasteiger partial charge in [0.1, 0.15) is 0 Å². The molecule has 1 aromatic carbocycles. The van der Waals surface area contributed by atoms with Crippen molar-refractivity contribution in [3.05, 3.63) is 60.7 Å². The summed E-state index contributed by atoms with van der Waals surface area (Å²) in [6.07, 6.45) is 0. The zero-order valence-corrected chi connectivity index (χ0v) is 9.76. The maximum Gasteiger partial charge on any atom is 2.00 e. The first kappa shape index (κ1) is 14.8. The summed E-state index contributed by atoms with van der Waals surface area (Å²) in [7, 11) is 0. The van der Waals surface area contributed by atoms with Crippen molar-refractivity contribution >= 4 is 0 Å². The van der Waals surface area contributed by atoms with E-state index >= 15 is 0 Å². The normalized spacial score (nSPS) is 7.23. The molecule has 0 spiro atoms. The Morgan fingerprint density at radius 2 is 1.54 bits per heavy atom. The average Bonchev–Trinajstić information content (AvgIpc) is 2.08. The molecule has 1 aromatic rings. The van der Waals surface area contributed by atoms with Gasteiger partial charge in [0.15, 0.2) is 0 Å². The predicted molar refractivity (Wildman–Crippen MR) is 53.6 cm³/mol. The number of hydrogen-bond acceptors (Lipinski definition) is 0. The first-order chi connectivity index (χ1) is 5.64. The van der Waals surface area contributed by atoms with Crippen LogP contribution in [0.25, 0.3) is 0 Å². The molecule has 0 atom stereocenters. The quantitative estimate of drug-likeness (QED) is 0.412. The molecule has 0 radical (unpaired) electrons. The van der Waals surface area contributed by atoms with Crippen molar-refractivity contribution in [1.82, 2.24) is 0 Å². The Morgan fingerprint density at radius 1 is 1.15 bits per heavy atom. The smallest absolute Gasteiger partial charge is 0.290 e. The molecule has 0 fully saturated rings. The Kier molecular flexibility index (Phi) is 10.7. The Bertz CT molecular complexity index is 198. The number of benzene rings is 1. The van der Waals surface area contributed by atoms with E-state index in [1.54, 1.807) is 0 Å². The van der Waals surface area contributed by atoms with Gasteiger partial charge in [0.2, 0.25) is 0 Å². The van der Waals surface area contributed by atoms with Gasteiger partial charge in [-0.15, -0.1) is 6.92 Å². The Balaban J connectivity index is 0. The van der Waals surface area contributed by atoms with Crippen LogP contribution in [0.3, 0.4) is 0 Å². The number of rotatable bonds is 1. The Morgan fingerprint density at radius 3 is 1.62 bits per heavy atom. The molecule has 0 N–H and O–H groups in total. The molecule has 13 heavy (non-hydrogen) atoms. The summed E-state index contributed by atoms with van der Waals surface area (Å²) in [6.45, 7) is 12.6. The van der Waals surface area contributed by atoms with E-state index in [0.717, 1.165) is 11.1 Å². The maximum absolute atomic E-state index is 5.25. The summed E-state index contributed by atoms with van der Waals surface area (Å²) in [6, 6.07) is 12.5. The maximum atomic E-state index is 5.25. The zero-order chi connectivity index (χ0) is 9.40. The molecule has 0 unspecified atom stereocenters. The van der Waals surface area contributed by atoms with Gasteiger partial charge < -0.3 is 0 Å². The molecule has 0 heterocycles. The summed E-state index contributed by atoms with van der Waals surface area (Å²) >= 11 is 0. The van der Waals surface area contributed by atoms with Crippen LogP contribution >= 0.6 is 0 Å². The molecule has 0 aromatic heterocycles. The standard InChI is InChI=1S/C6H5.C6H9.Ru/c1-2-4-6-5-3-1;1-5(2)6(3)4;/h1-5H;1H,3H2,2,4H3;/q2*-1;+2. The van der Waals surface area contributed by atoms with Gasteiger partial charge in [-0.25, -0.2) is 11.1 Å². The summed E-state index contributed by atoms with van der Waals surface area (Å²) in [5, 5.41) is 0. The molecule has 1 rings (SSSR count). The second-order valence-corrected chi connectivity index (χ2v) is 2.54. The number of allylic oxidation sites excluding steroid dienone is 2. The fourth-order valence-electron chi connectivity index (χ4n) is 0.342. The fraction of sp³-hybridized carbons (Fsp3) is 0.167. The minimum Gasteiger partial charge on any atom is -0.290 e. The van der Waals surface area contributed by atoms with E-state index in [4.69, 9.17) is 6.58 Å². The average molecular weight is 259 g/mol. The van der Waals surface area contributed by atoms with Crippen LogP contribution in [0.5, 0.6) is 0 Å². The van der Waals surface area contributed by atoms with Gasteiger partial charge in [0.25, 0.3) is 0 Å². The molecular weight excluding hydrogens is 245 g/mol. The van der Waals surface area contributed by atoms with Crippen molar-refractivity contribution in [3.63, 3.8) is 0 Å². The van der Waals surface area contributed by atoms with Crippen molar-refractivity contribution in [3.8, 4) is 0 Å². The third-order valence-corrected chi connectivity index (χ3v) is 1.28. The van der Waals surface area contributed by atoms with Gasteiger partial charge in [-0.2, -0.15) is 43.0 Å². The summed E-state index contributed by atoms with van der Waals surface area (Å²) in [5.41, 5.74) is 1.77. The minimum atomic E-state index is 0. The Hall–Kier alpha value is -0.677. The van der Waals surface area contributed by atoms with Crippen molar-refractivity contribution in [2.45, 2.75) is 13.8 Å². The van der Waals surface area contributed by atoms with E-state index in [1.807, 2.05) is 44.2 Å². The van der Waals surface area contributed by atoms with Crippen LogP contribution in [-0.4, -0.2) is 0 Å². The van der Waals surface area contributed by atoms with Gasteiger partial charge in [0.05, 0.1) is 0 Å². The monoisotopic (exact) mass is 260 g/mol. The largest absolute Gasteiger partial charge is 2.00 e. The van der Waals surface area contributed by atoms with E-state index in [0.29, 0.717) is 0 Å². The van der Waals surface area contributed by atoms with Crippen molar-refractivity contribution in [2.24, 2.45) is 0 Å². The van der Waals surface area contributed by atoms with Gasteiger partial charge in [-0.05, 0) is 0 Å². The molecule has 0 aliphatic heterocycles. The van der Waals surface area contributed by atoms with E-state index in [1.165, 1.54) is 0 Å². The third kappa shape index (κ3) is 11.3. The van der Waals surface area contributed by atoms with E-state index in [-0.39, 0.29) is 19.5 Å². The molecule has 1 heteroatoms. The molecule has 0 aliphatic rings. The first-order valence-electron chi connectivity index (χ1n) is 3.80. The van der Waals surface area contributed by atoms with E-state index in [2.05, 4.69) is 12.6 Å².